The highest BCUT2D eigenvalue weighted by molar-refractivity contribution is 6.06. The molecule has 0 saturated heterocycles. The van der Waals surface area contributed by atoms with E-state index in [9.17, 15) is 4.79 Å². The van der Waals surface area contributed by atoms with Gasteiger partial charge in [0.25, 0.3) is 5.91 Å². The van der Waals surface area contributed by atoms with Gasteiger partial charge in [-0.3, -0.25) is 10.1 Å². The molecule has 0 aliphatic heterocycles. The van der Waals surface area contributed by atoms with Crippen molar-refractivity contribution < 1.29 is 13.8 Å². The Morgan fingerprint density at radius 3 is 2.73 bits per heavy atom. The molecule has 0 spiro atoms. The molecule has 3 aromatic rings. The smallest absolute Gasteiger partial charge is 0.292 e. The SMILES string of the molecule is CCc1nonc1NC(=O)c1oc2cc(C)cc(C)c2c1C. The minimum Gasteiger partial charge on any atom is -0.451 e. The van der Waals surface area contributed by atoms with Gasteiger partial charge in [-0.1, -0.05) is 18.1 Å². The van der Waals surface area contributed by atoms with Gasteiger partial charge >= 0.3 is 0 Å². The van der Waals surface area contributed by atoms with Crippen LogP contribution in [0, 0.1) is 20.8 Å². The van der Waals surface area contributed by atoms with Gasteiger partial charge in [-0.2, -0.15) is 0 Å². The molecule has 2 heterocycles. The minimum absolute atomic E-state index is 0.286. The highest BCUT2D eigenvalue weighted by Gasteiger charge is 2.21. The zero-order valence-electron chi connectivity index (χ0n) is 13.0. The van der Waals surface area contributed by atoms with Gasteiger partial charge in [-0.15, -0.1) is 0 Å². The van der Waals surface area contributed by atoms with Crippen LogP contribution in [0.3, 0.4) is 0 Å². The van der Waals surface area contributed by atoms with Crippen molar-refractivity contribution in [1.29, 1.82) is 0 Å². The lowest BCUT2D eigenvalue weighted by Crippen LogP contribution is -2.13. The number of anilines is 1. The minimum atomic E-state index is -0.351. The summed E-state index contributed by atoms with van der Waals surface area (Å²) in [6, 6.07) is 4.00. The lowest BCUT2D eigenvalue weighted by molar-refractivity contribution is 0.0997. The molecule has 1 amide bonds. The first-order chi connectivity index (χ1) is 10.5. The van der Waals surface area contributed by atoms with Crippen molar-refractivity contribution >= 4 is 22.7 Å². The van der Waals surface area contributed by atoms with E-state index in [1.54, 1.807) is 0 Å². The van der Waals surface area contributed by atoms with E-state index in [4.69, 9.17) is 4.42 Å². The van der Waals surface area contributed by atoms with E-state index in [1.807, 2.05) is 33.8 Å². The molecule has 3 rings (SSSR count). The van der Waals surface area contributed by atoms with Gasteiger partial charge in [-0.05, 0) is 49.5 Å². The summed E-state index contributed by atoms with van der Waals surface area (Å²) in [7, 11) is 0. The highest BCUT2D eigenvalue weighted by Crippen LogP contribution is 2.29. The Kier molecular flexibility index (Phi) is 3.44. The molecule has 22 heavy (non-hydrogen) atoms. The number of amides is 1. The molecular formula is C16H17N3O3. The maximum absolute atomic E-state index is 12.5. The van der Waals surface area contributed by atoms with Gasteiger partial charge in [0, 0.05) is 10.9 Å². The van der Waals surface area contributed by atoms with Crippen LogP contribution in [-0.2, 0) is 6.42 Å². The average Bonchev–Trinajstić information content (AvgIpc) is 3.03. The monoisotopic (exact) mass is 299 g/mol. The first-order valence-corrected chi connectivity index (χ1v) is 7.14. The molecule has 0 aliphatic carbocycles. The molecule has 0 radical (unpaired) electrons. The Morgan fingerprint density at radius 1 is 1.23 bits per heavy atom. The molecule has 0 saturated carbocycles. The molecule has 0 bridgehead atoms. The molecule has 2 aromatic heterocycles. The van der Waals surface area contributed by atoms with Crippen LogP contribution in [0.1, 0.15) is 39.9 Å². The van der Waals surface area contributed by atoms with Gasteiger partial charge in [0.15, 0.2) is 5.76 Å². The fourth-order valence-electron chi connectivity index (χ4n) is 2.70. The van der Waals surface area contributed by atoms with Crippen LogP contribution in [0.4, 0.5) is 5.82 Å². The summed E-state index contributed by atoms with van der Waals surface area (Å²) >= 11 is 0. The van der Waals surface area contributed by atoms with Gasteiger partial charge in [0.2, 0.25) is 5.82 Å². The molecule has 6 heteroatoms. The maximum Gasteiger partial charge on any atom is 0.292 e. The lowest BCUT2D eigenvalue weighted by Gasteiger charge is -2.00. The third-order valence-corrected chi connectivity index (χ3v) is 3.70. The van der Waals surface area contributed by atoms with E-state index < -0.39 is 0 Å². The number of furan rings is 1. The average molecular weight is 299 g/mol. The summed E-state index contributed by atoms with van der Waals surface area (Å²) in [5.74, 6) is 0.269. The number of carbonyl (C=O) groups is 1. The van der Waals surface area contributed by atoms with Crippen molar-refractivity contribution in [3.8, 4) is 0 Å². The Labute approximate surface area is 127 Å². The fourth-order valence-corrected chi connectivity index (χ4v) is 2.70. The van der Waals surface area contributed by atoms with E-state index in [0.29, 0.717) is 23.5 Å². The predicted molar refractivity (Wildman–Crippen MR) is 82.1 cm³/mol. The molecule has 114 valence electrons. The number of rotatable bonds is 3. The molecule has 0 unspecified atom stereocenters. The number of benzene rings is 1. The summed E-state index contributed by atoms with van der Waals surface area (Å²) in [5.41, 5.74) is 4.33. The van der Waals surface area contributed by atoms with E-state index in [2.05, 4.69) is 26.3 Å². The third kappa shape index (κ3) is 2.26. The van der Waals surface area contributed by atoms with Gasteiger partial charge in [0.1, 0.15) is 11.3 Å². The molecule has 0 aliphatic rings. The Balaban J connectivity index is 2.01. The first-order valence-electron chi connectivity index (χ1n) is 7.14. The largest absolute Gasteiger partial charge is 0.451 e. The molecule has 6 nitrogen and oxygen atoms in total. The molecule has 1 aromatic carbocycles. The summed E-state index contributed by atoms with van der Waals surface area (Å²) in [5, 5.41) is 11.1. The van der Waals surface area contributed by atoms with Crippen LogP contribution in [-0.4, -0.2) is 16.2 Å². The standard InChI is InChI=1S/C16H17N3O3/c1-5-11-15(19-22-18-11)17-16(20)14-10(4)13-9(3)6-8(2)7-12(13)21-14/h6-7H,5H2,1-4H3,(H,17,19,20). The number of aryl methyl sites for hydroxylation is 4. The number of hydrogen-bond donors (Lipinski definition) is 1. The van der Waals surface area contributed by atoms with Crippen molar-refractivity contribution in [2.75, 3.05) is 5.32 Å². The van der Waals surface area contributed by atoms with Gasteiger partial charge in [-0.25, -0.2) is 4.63 Å². The highest BCUT2D eigenvalue weighted by atomic mass is 16.6. The van der Waals surface area contributed by atoms with Crippen molar-refractivity contribution in [2.45, 2.75) is 34.1 Å². The van der Waals surface area contributed by atoms with Crippen LogP contribution in [0.25, 0.3) is 11.0 Å². The van der Waals surface area contributed by atoms with E-state index >= 15 is 0 Å². The Hall–Kier alpha value is -2.63. The van der Waals surface area contributed by atoms with Crippen molar-refractivity contribution in [2.24, 2.45) is 0 Å². The summed E-state index contributed by atoms with van der Waals surface area (Å²) < 4.78 is 10.4. The molecular weight excluding hydrogens is 282 g/mol. The summed E-state index contributed by atoms with van der Waals surface area (Å²) in [6.45, 7) is 7.80. The lowest BCUT2D eigenvalue weighted by atomic mass is 10.0. The summed E-state index contributed by atoms with van der Waals surface area (Å²) in [4.78, 5) is 12.5. The zero-order valence-corrected chi connectivity index (χ0v) is 13.0. The second-order valence-corrected chi connectivity index (χ2v) is 5.38. The zero-order chi connectivity index (χ0) is 15.9. The number of aromatic nitrogens is 2. The van der Waals surface area contributed by atoms with Gasteiger partial charge < -0.3 is 4.42 Å². The van der Waals surface area contributed by atoms with Crippen LogP contribution in [0.2, 0.25) is 0 Å². The van der Waals surface area contributed by atoms with Crippen LogP contribution in [0.5, 0.6) is 0 Å². The first kappa shape index (κ1) is 14.3. The number of hydrogen-bond acceptors (Lipinski definition) is 5. The molecule has 0 fully saturated rings. The molecule has 1 N–H and O–H groups in total. The van der Waals surface area contributed by atoms with Crippen molar-refractivity contribution in [3.05, 3.63) is 40.3 Å². The van der Waals surface area contributed by atoms with Crippen LogP contribution < -0.4 is 5.32 Å². The van der Waals surface area contributed by atoms with Crippen LogP contribution in [0.15, 0.2) is 21.2 Å². The Bertz CT molecular complexity index is 861. The number of carbonyl (C=O) groups excluding carboxylic acids is 1. The van der Waals surface area contributed by atoms with Gasteiger partial charge in [0.05, 0.1) is 0 Å². The van der Waals surface area contributed by atoms with E-state index in [-0.39, 0.29) is 11.7 Å². The quantitative estimate of drug-likeness (QED) is 0.799. The molecule has 0 atom stereocenters. The van der Waals surface area contributed by atoms with E-state index in [0.717, 1.165) is 22.1 Å². The van der Waals surface area contributed by atoms with Crippen LogP contribution >= 0.6 is 0 Å². The summed E-state index contributed by atoms with van der Waals surface area (Å²) in [6.07, 6.45) is 0.622. The third-order valence-electron chi connectivity index (χ3n) is 3.70. The normalized spacial score (nSPS) is 11.1. The predicted octanol–water partition coefficient (Wildman–Crippen LogP) is 3.56. The topological polar surface area (TPSA) is 81.2 Å². The number of nitrogens with zero attached hydrogens (tertiary/aromatic N) is 2. The second-order valence-electron chi connectivity index (χ2n) is 5.38. The second kappa shape index (κ2) is 5.29. The van der Waals surface area contributed by atoms with Crippen molar-refractivity contribution in [1.82, 2.24) is 10.3 Å². The number of fused-ring (bicyclic) bond motifs is 1. The fraction of sp³-hybridized carbons (Fsp3) is 0.312. The number of nitrogens with one attached hydrogen (secondary N) is 1. The Morgan fingerprint density at radius 2 is 2.00 bits per heavy atom. The van der Waals surface area contributed by atoms with Crippen molar-refractivity contribution in [3.63, 3.8) is 0 Å². The maximum atomic E-state index is 12.5. The van der Waals surface area contributed by atoms with E-state index in [1.165, 1.54) is 0 Å².